The summed E-state index contributed by atoms with van der Waals surface area (Å²) in [5, 5.41) is 4.28. The van der Waals surface area contributed by atoms with E-state index in [0.29, 0.717) is 19.6 Å². The molecule has 2 heterocycles. The van der Waals surface area contributed by atoms with E-state index in [1.54, 1.807) is 11.8 Å². The molecule has 1 aliphatic heterocycles. The molecule has 3 aromatic carbocycles. The van der Waals surface area contributed by atoms with Crippen molar-refractivity contribution < 1.29 is 14.3 Å². The Labute approximate surface area is 271 Å². The van der Waals surface area contributed by atoms with Crippen molar-refractivity contribution in [1.82, 2.24) is 9.55 Å². The van der Waals surface area contributed by atoms with Gasteiger partial charge in [-0.15, -0.1) is 0 Å². The van der Waals surface area contributed by atoms with Crippen LogP contribution in [0.5, 0.6) is 5.75 Å². The third-order valence-corrected chi connectivity index (χ3v) is 9.19. The molecule has 0 saturated heterocycles. The third kappa shape index (κ3) is 8.59. The molecule has 0 radical (unpaired) electrons. The molecule has 1 aromatic heterocycles. The highest BCUT2D eigenvalue weighted by Crippen LogP contribution is 2.33. The van der Waals surface area contributed by atoms with Crippen molar-refractivity contribution in [3.8, 4) is 16.9 Å². The summed E-state index contributed by atoms with van der Waals surface area (Å²) >= 11 is 1.69. The second kappa shape index (κ2) is 15.8. The maximum atomic E-state index is 13.5. The van der Waals surface area contributed by atoms with Gasteiger partial charge in [0.15, 0.2) is 0 Å². The number of nitrogens with zero attached hydrogens (tertiary/aromatic N) is 3. The number of aromatic nitrogens is 2. The molecule has 0 unspecified atom stereocenters. The summed E-state index contributed by atoms with van der Waals surface area (Å²) in [6.45, 7) is 9.98. The first-order chi connectivity index (χ1) is 21.9. The Morgan fingerprint density at radius 2 is 1.76 bits per heavy atom. The molecule has 236 valence electrons. The Bertz CT molecular complexity index is 1600. The van der Waals surface area contributed by atoms with E-state index >= 15 is 0 Å². The maximum absolute atomic E-state index is 13.5. The molecule has 4 aromatic rings. The summed E-state index contributed by atoms with van der Waals surface area (Å²) < 4.78 is 13.6. The number of aryl methyl sites for hydroxylation is 2. The monoisotopic (exact) mass is 624 g/mol. The van der Waals surface area contributed by atoms with E-state index in [1.807, 2.05) is 49.6 Å². The van der Waals surface area contributed by atoms with E-state index in [4.69, 9.17) is 9.47 Å². The lowest BCUT2D eigenvalue weighted by Crippen LogP contribution is -2.23. The molecule has 0 spiro atoms. The number of carbonyl (C=O) groups excluding carboxylic acids is 1. The van der Waals surface area contributed by atoms with Gasteiger partial charge < -0.3 is 24.3 Å². The van der Waals surface area contributed by atoms with Gasteiger partial charge in [-0.2, -0.15) is 0 Å². The standard InChI is InChI=1S/C37H44N4O3S/c1-5-7-21-43-22-23-44-33-15-10-28(11-16-33)29-12-19-35-31(24-29)25-30(9-8-20-40(35)4)36(42)39-32-13-17-34(18-14-32)45-37-27(3)38-26-41(37)6-2/h10-19,24-26H,5-9,20-23H2,1-4H3,(H,39,42)/b30-25+. The molecule has 1 aliphatic rings. The van der Waals surface area contributed by atoms with Crippen LogP contribution in [0.25, 0.3) is 17.2 Å². The van der Waals surface area contributed by atoms with Crippen LogP contribution in [-0.2, 0) is 16.1 Å². The highest BCUT2D eigenvalue weighted by Gasteiger charge is 2.17. The highest BCUT2D eigenvalue weighted by molar-refractivity contribution is 7.99. The van der Waals surface area contributed by atoms with Gasteiger partial charge in [-0.3, -0.25) is 4.79 Å². The third-order valence-electron chi connectivity index (χ3n) is 7.95. The number of rotatable bonds is 13. The van der Waals surface area contributed by atoms with Gasteiger partial charge in [0.2, 0.25) is 0 Å². The number of benzene rings is 3. The average Bonchev–Trinajstić information content (AvgIpc) is 3.40. The number of nitrogens with one attached hydrogen (secondary N) is 1. The SMILES string of the molecule is CCCCOCCOc1ccc(-c2ccc3c(c2)/C=C(/C(=O)Nc2ccc(Sc4c(C)ncn4CC)cc2)CCCN3C)cc1. The van der Waals surface area contributed by atoms with Crippen molar-refractivity contribution in [1.29, 1.82) is 0 Å². The molecule has 8 heteroatoms. The van der Waals surface area contributed by atoms with Crippen molar-refractivity contribution in [3.63, 3.8) is 0 Å². The number of imidazole rings is 1. The van der Waals surface area contributed by atoms with Crippen molar-refractivity contribution in [3.05, 3.63) is 89.9 Å². The molecule has 0 atom stereocenters. The lowest BCUT2D eigenvalue weighted by Gasteiger charge is -2.25. The van der Waals surface area contributed by atoms with Crippen LogP contribution in [0.4, 0.5) is 11.4 Å². The van der Waals surface area contributed by atoms with Crippen LogP contribution in [-0.4, -0.2) is 48.9 Å². The Balaban J connectivity index is 1.27. The number of carbonyl (C=O) groups is 1. The van der Waals surface area contributed by atoms with Crippen molar-refractivity contribution >= 4 is 35.1 Å². The predicted octanol–water partition coefficient (Wildman–Crippen LogP) is 8.48. The summed E-state index contributed by atoms with van der Waals surface area (Å²) in [5.41, 5.74) is 6.95. The van der Waals surface area contributed by atoms with Gasteiger partial charge >= 0.3 is 0 Å². The van der Waals surface area contributed by atoms with Gasteiger partial charge in [-0.25, -0.2) is 4.98 Å². The zero-order valence-electron chi connectivity index (χ0n) is 26.8. The highest BCUT2D eigenvalue weighted by atomic mass is 32.2. The fourth-order valence-corrected chi connectivity index (χ4v) is 6.32. The average molecular weight is 625 g/mol. The fourth-order valence-electron chi connectivity index (χ4n) is 5.33. The number of hydrogen-bond donors (Lipinski definition) is 1. The summed E-state index contributed by atoms with van der Waals surface area (Å²) in [6, 6.07) is 22.7. The van der Waals surface area contributed by atoms with E-state index in [2.05, 4.69) is 77.1 Å². The fraction of sp³-hybridized carbons (Fsp3) is 0.351. The molecule has 0 bridgehead atoms. The number of amides is 1. The van der Waals surface area contributed by atoms with Crippen LogP contribution in [0.2, 0.25) is 0 Å². The molecule has 1 amide bonds. The van der Waals surface area contributed by atoms with Crippen LogP contribution in [0.1, 0.15) is 50.8 Å². The largest absolute Gasteiger partial charge is 0.491 e. The van der Waals surface area contributed by atoms with Gasteiger partial charge in [0.25, 0.3) is 5.91 Å². The molecule has 0 aliphatic carbocycles. The smallest absolute Gasteiger partial charge is 0.251 e. The molecule has 7 nitrogen and oxygen atoms in total. The van der Waals surface area contributed by atoms with Crippen molar-refractivity contribution in [2.75, 3.05) is 43.6 Å². The first-order valence-corrected chi connectivity index (χ1v) is 16.7. The number of hydrogen-bond acceptors (Lipinski definition) is 6. The number of fused-ring (bicyclic) bond motifs is 1. The topological polar surface area (TPSA) is 68.6 Å². The summed E-state index contributed by atoms with van der Waals surface area (Å²) in [5.74, 6) is 0.772. The van der Waals surface area contributed by atoms with Crippen LogP contribution >= 0.6 is 11.8 Å². The zero-order valence-corrected chi connectivity index (χ0v) is 27.7. The first-order valence-electron chi connectivity index (χ1n) is 15.9. The molecule has 45 heavy (non-hydrogen) atoms. The minimum atomic E-state index is -0.0589. The van der Waals surface area contributed by atoms with Crippen LogP contribution < -0.4 is 15.0 Å². The quantitative estimate of drug-likeness (QED) is 0.151. The Kier molecular flexibility index (Phi) is 11.4. The van der Waals surface area contributed by atoms with Gasteiger partial charge in [-0.05, 0) is 104 Å². The number of ether oxygens (including phenoxy) is 2. The Morgan fingerprint density at radius 1 is 0.978 bits per heavy atom. The van der Waals surface area contributed by atoms with Gasteiger partial charge in [0.05, 0.1) is 18.6 Å². The predicted molar refractivity (Wildman–Crippen MR) is 185 cm³/mol. The number of anilines is 2. The van der Waals surface area contributed by atoms with Gasteiger partial charge in [0, 0.05) is 48.6 Å². The van der Waals surface area contributed by atoms with Crippen molar-refractivity contribution in [2.24, 2.45) is 0 Å². The van der Waals surface area contributed by atoms with Crippen molar-refractivity contribution in [2.45, 2.75) is 62.9 Å². The van der Waals surface area contributed by atoms with Gasteiger partial charge in [0.1, 0.15) is 17.4 Å². The molecule has 0 saturated carbocycles. The lowest BCUT2D eigenvalue weighted by molar-refractivity contribution is -0.112. The maximum Gasteiger partial charge on any atom is 0.251 e. The normalized spacial score (nSPS) is 14.2. The van der Waals surface area contributed by atoms with Crippen LogP contribution in [0, 0.1) is 6.92 Å². The minimum absolute atomic E-state index is 0.0589. The molecular formula is C37H44N4O3S. The summed E-state index contributed by atoms with van der Waals surface area (Å²) in [7, 11) is 2.12. The zero-order chi connectivity index (χ0) is 31.6. The first kappa shape index (κ1) is 32.4. The molecule has 0 fully saturated rings. The molecular weight excluding hydrogens is 580 g/mol. The van der Waals surface area contributed by atoms with E-state index in [-0.39, 0.29) is 5.91 Å². The van der Waals surface area contributed by atoms with E-state index in [9.17, 15) is 4.79 Å². The second-order valence-corrected chi connectivity index (χ2v) is 12.4. The lowest BCUT2D eigenvalue weighted by atomic mass is 9.96. The Hall–Kier alpha value is -4.01. The van der Waals surface area contributed by atoms with E-state index in [1.165, 1.54) is 0 Å². The van der Waals surface area contributed by atoms with Crippen LogP contribution in [0.15, 0.2) is 88.6 Å². The van der Waals surface area contributed by atoms with Crippen LogP contribution in [0.3, 0.4) is 0 Å². The van der Waals surface area contributed by atoms with Gasteiger partial charge in [-0.1, -0.05) is 43.3 Å². The minimum Gasteiger partial charge on any atom is -0.491 e. The summed E-state index contributed by atoms with van der Waals surface area (Å²) in [4.78, 5) is 21.3. The molecule has 1 N–H and O–H groups in total. The van der Waals surface area contributed by atoms with E-state index < -0.39 is 0 Å². The number of unbranched alkanes of at least 4 members (excludes halogenated alkanes) is 1. The summed E-state index contributed by atoms with van der Waals surface area (Å²) in [6.07, 6.45) is 7.76. The second-order valence-electron chi connectivity index (χ2n) is 11.3. The molecule has 5 rings (SSSR count). The Morgan fingerprint density at radius 3 is 2.51 bits per heavy atom. The van der Waals surface area contributed by atoms with E-state index in [0.717, 1.165) is 94.0 Å².